The van der Waals surface area contributed by atoms with Crippen molar-refractivity contribution in [2.75, 3.05) is 0 Å². The van der Waals surface area contributed by atoms with Gasteiger partial charge in [-0.1, -0.05) is 33.5 Å². The lowest BCUT2D eigenvalue weighted by molar-refractivity contribution is -0.00721. The molecule has 0 nitrogen and oxygen atoms in total. The highest BCUT2D eigenvalue weighted by atomic mass is 32.1. The predicted octanol–water partition coefficient (Wildman–Crippen LogP) is 6.32. The van der Waals surface area contributed by atoms with Crippen LogP contribution in [0.3, 0.4) is 0 Å². The summed E-state index contributed by atoms with van der Waals surface area (Å²) >= 11 is 9.78. The molecule has 3 fully saturated rings. The zero-order valence-corrected chi connectivity index (χ0v) is 19.7. The normalized spacial score (nSPS) is 50.8. The smallest absolute Gasteiger partial charge is 0.106 e. The minimum absolute atomic E-state index is 0.550. The fourth-order valence-corrected chi connectivity index (χ4v) is 8.02. The van der Waals surface area contributed by atoms with Crippen molar-refractivity contribution in [3.63, 3.8) is 0 Å². The fraction of sp³-hybridized carbons (Fsp3) is 1.00. The summed E-state index contributed by atoms with van der Waals surface area (Å²) in [6.07, 6.45) is 12.9. The molecule has 0 aliphatic heterocycles. The first kappa shape index (κ1) is 21.5. The van der Waals surface area contributed by atoms with E-state index in [2.05, 4.69) is 48.2 Å². The molecule has 3 rings (SSSR count). The van der Waals surface area contributed by atoms with Crippen LogP contribution in [0.4, 0.5) is 0 Å². The van der Waals surface area contributed by atoms with Crippen molar-refractivity contribution in [2.24, 2.45) is 40.9 Å². The second-order valence-electron chi connectivity index (χ2n) is 11.1. The lowest BCUT2D eigenvalue weighted by Crippen LogP contribution is -2.43. The molecule has 8 atom stereocenters. The molecular formula is C23H43BS2. The summed E-state index contributed by atoms with van der Waals surface area (Å²) in [6, 6.07) is 0. The highest BCUT2D eigenvalue weighted by Crippen LogP contribution is 2.60. The van der Waals surface area contributed by atoms with Crippen molar-refractivity contribution in [3.8, 4) is 0 Å². The average Bonchev–Trinajstić information content (AvgIpc) is 2.89. The van der Waals surface area contributed by atoms with E-state index < -0.39 is 0 Å². The van der Waals surface area contributed by atoms with Crippen molar-refractivity contribution < 1.29 is 0 Å². The van der Waals surface area contributed by atoms with Crippen molar-refractivity contribution in [1.29, 1.82) is 0 Å². The van der Waals surface area contributed by atoms with Crippen molar-refractivity contribution in [1.82, 2.24) is 0 Å². The summed E-state index contributed by atoms with van der Waals surface area (Å²) in [6.45, 7) is 9.86. The molecule has 3 saturated carbocycles. The molecule has 3 aliphatic rings. The largest absolute Gasteiger partial charge is 0.176 e. The molecule has 0 amide bonds. The van der Waals surface area contributed by atoms with Crippen LogP contribution in [-0.4, -0.2) is 18.3 Å². The molecule has 0 heterocycles. The van der Waals surface area contributed by atoms with Crippen LogP contribution < -0.4 is 0 Å². The Morgan fingerprint density at radius 1 is 1.04 bits per heavy atom. The molecule has 0 aromatic carbocycles. The topological polar surface area (TPSA) is 0 Å². The van der Waals surface area contributed by atoms with Gasteiger partial charge in [0.2, 0.25) is 0 Å². The highest BCUT2D eigenvalue weighted by Gasteiger charge is 2.50. The summed E-state index contributed by atoms with van der Waals surface area (Å²) in [5.74, 6) is 6.25. The molecule has 1 spiro atoms. The average molecular weight is 395 g/mol. The van der Waals surface area contributed by atoms with Gasteiger partial charge in [0, 0.05) is 5.25 Å². The molecule has 3 heteroatoms. The number of thiol groups is 2. The zero-order valence-electron chi connectivity index (χ0n) is 18.0. The summed E-state index contributed by atoms with van der Waals surface area (Å²) in [4.78, 5) is 0. The second-order valence-corrected chi connectivity index (χ2v) is 12.7. The molecule has 0 aromatic rings. The van der Waals surface area contributed by atoms with Crippen LogP contribution >= 0.6 is 25.3 Å². The van der Waals surface area contributed by atoms with Gasteiger partial charge >= 0.3 is 0 Å². The number of hydrogen-bond acceptors (Lipinski definition) is 2. The summed E-state index contributed by atoms with van der Waals surface area (Å²) < 4.78 is 0. The predicted molar refractivity (Wildman–Crippen MR) is 125 cm³/mol. The molecule has 0 saturated heterocycles. The molecule has 0 N–H and O–H groups in total. The van der Waals surface area contributed by atoms with Gasteiger partial charge in [-0.25, -0.2) is 0 Å². The van der Waals surface area contributed by atoms with Crippen LogP contribution in [0, 0.1) is 40.9 Å². The van der Waals surface area contributed by atoms with Crippen LogP contribution in [0.15, 0.2) is 0 Å². The Balaban J connectivity index is 1.83. The molecular weight excluding hydrogens is 351 g/mol. The van der Waals surface area contributed by atoms with Crippen LogP contribution in [0.5, 0.6) is 0 Å². The van der Waals surface area contributed by atoms with E-state index >= 15 is 0 Å². The van der Waals surface area contributed by atoms with Crippen molar-refractivity contribution in [2.45, 2.75) is 102 Å². The molecule has 0 radical (unpaired) electrons. The molecule has 26 heavy (non-hydrogen) atoms. The van der Waals surface area contributed by atoms with E-state index in [4.69, 9.17) is 12.6 Å². The molecule has 3 aliphatic carbocycles. The first-order valence-corrected chi connectivity index (χ1v) is 12.6. The summed E-state index contributed by atoms with van der Waals surface area (Å²) in [5.41, 5.74) is 0.651. The van der Waals surface area contributed by atoms with Gasteiger partial charge in [-0.15, -0.1) is 0 Å². The van der Waals surface area contributed by atoms with Crippen LogP contribution in [0.2, 0.25) is 5.82 Å². The van der Waals surface area contributed by atoms with Gasteiger partial charge in [0.15, 0.2) is 0 Å². The number of fused-ring (bicyclic) bond motifs is 1. The third-order valence-electron chi connectivity index (χ3n) is 8.89. The van der Waals surface area contributed by atoms with E-state index in [-0.39, 0.29) is 0 Å². The Kier molecular flexibility index (Phi) is 7.14. The fourth-order valence-electron chi connectivity index (χ4n) is 7.39. The molecule has 0 aromatic heterocycles. The van der Waals surface area contributed by atoms with E-state index in [1.54, 1.807) is 0 Å². The van der Waals surface area contributed by atoms with E-state index in [0.717, 1.165) is 41.3 Å². The maximum atomic E-state index is 5.10. The third kappa shape index (κ3) is 4.66. The number of rotatable bonds is 3. The SMILES string of the molecule is BC1C(C)C(C)CC(CCC(C)S)CC2(CC(C)C2)CC2C(S)CCC12. The van der Waals surface area contributed by atoms with Gasteiger partial charge in [-0.2, -0.15) is 25.3 Å². The molecule has 8 unspecified atom stereocenters. The van der Waals surface area contributed by atoms with E-state index in [0.29, 0.717) is 15.9 Å². The Morgan fingerprint density at radius 2 is 1.73 bits per heavy atom. The van der Waals surface area contributed by atoms with Crippen LogP contribution in [-0.2, 0) is 0 Å². The highest BCUT2D eigenvalue weighted by molar-refractivity contribution is 7.81. The lowest BCUT2D eigenvalue weighted by Gasteiger charge is -2.53. The van der Waals surface area contributed by atoms with Gasteiger partial charge in [0.25, 0.3) is 0 Å². The van der Waals surface area contributed by atoms with Crippen LogP contribution in [0.25, 0.3) is 0 Å². The maximum absolute atomic E-state index is 5.10. The van der Waals surface area contributed by atoms with E-state index in [1.165, 1.54) is 57.8 Å². The summed E-state index contributed by atoms with van der Waals surface area (Å²) in [7, 11) is 2.58. The van der Waals surface area contributed by atoms with E-state index in [9.17, 15) is 0 Å². The van der Waals surface area contributed by atoms with E-state index in [1.807, 2.05) is 0 Å². The maximum Gasteiger partial charge on any atom is 0.106 e. The first-order chi connectivity index (χ1) is 12.2. The van der Waals surface area contributed by atoms with Gasteiger partial charge in [0.05, 0.1) is 0 Å². The Hall–Kier alpha value is 0.765. The van der Waals surface area contributed by atoms with Crippen LogP contribution in [0.1, 0.15) is 85.5 Å². The van der Waals surface area contributed by atoms with Gasteiger partial charge in [-0.05, 0) is 104 Å². The molecule has 150 valence electrons. The zero-order chi connectivity index (χ0) is 19.1. The second kappa shape index (κ2) is 8.64. The first-order valence-electron chi connectivity index (χ1n) is 11.6. The van der Waals surface area contributed by atoms with Gasteiger partial charge < -0.3 is 0 Å². The minimum atomic E-state index is 0.550. The lowest BCUT2D eigenvalue weighted by atomic mass is 9.51. The molecule has 0 bridgehead atoms. The van der Waals surface area contributed by atoms with Crippen molar-refractivity contribution >= 4 is 33.1 Å². The monoisotopic (exact) mass is 394 g/mol. The standard InChI is InChI=1S/C23H43BS2/c1-14-10-23(11-14)12-18(6-5-16(3)25)9-15(2)17(4)22(24)19-7-8-21(26)20(19)13-23/h14-22,25-26H,5-13,24H2,1-4H3. The number of hydrogen-bond donors (Lipinski definition) is 2. The van der Waals surface area contributed by atoms with Crippen molar-refractivity contribution in [3.05, 3.63) is 0 Å². The van der Waals surface area contributed by atoms with Gasteiger partial charge in [0.1, 0.15) is 7.85 Å². The quantitative estimate of drug-likeness (QED) is 0.406. The third-order valence-corrected chi connectivity index (χ3v) is 9.79. The minimum Gasteiger partial charge on any atom is -0.176 e. The Morgan fingerprint density at radius 3 is 2.35 bits per heavy atom. The summed E-state index contributed by atoms with van der Waals surface area (Å²) in [5, 5.41) is 1.21. The van der Waals surface area contributed by atoms with Gasteiger partial charge in [-0.3, -0.25) is 0 Å². The Bertz CT molecular complexity index is 459. The Labute approximate surface area is 175 Å².